The number of nitrogens with zero attached hydrogens (tertiary/aromatic N) is 1. The van der Waals surface area contributed by atoms with Crippen LogP contribution in [0.5, 0.6) is 0 Å². The van der Waals surface area contributed by atoms with Crippen molar-refractivity contribution >= 4 is 12.2 Å². The average Bonchev–Trinajstić information content (AvgIpc) is 2.97. The highest BCUT2D eigenvalue weighted by molar-refractivity contribution is 5.94. The van der Waals surface area contributed by atoms with Crippen LogP contribution in [-0.4, -0.2) is 29.7 Å². The van der Waals surface area contributed by atoms with Gasteiger partial charge >= 0.3 is 0 Å². The predicted molar refractivity (Wildman–Crippen MR) is 84.2 cm³/mol. The van der Waals surface area contributed by atoms with Crippen LogP contribution in [0.1, 0.15) is 55.8 Å². The van der Waals surface area contributed by atoms with Crippen molar-refractivity contribution in [2.24, 2.45) is 5.92 Å². The summed E-state index contributed by atoms with van der Waals surface area (Å²) in [5.41, 5.74) is 0.755. The number of hydrogen-bond donors (Lipinski definition) is 0. The van der Waals surface area contributed by atoms with E-state index in [1.165, 1.54) is 0 Å². The zero-order valence-corrected chi connectivity index (χ0v) is 12.8. The minimum atomic E-state index is 0.117. The highest BCUT2D eigenvalue weighted by Crippen LogP contribution is 2.33. The molecule has 1 aliphatic carbocycles. The quantitative estimate of drug-likeness (QED) is 0.717. The van der Waals surface area contributed by atoms with Crippen LogP contribution < -0.4 is 0 Å². The third-order valence-corrected chi connectivity index (χ3v) is 4.45. The zero-order valence-electron chi connectivity index (χ0n) is 12.8. The minimum Gasteiger partial charge on any atom is -0.335 e. The smallest absolute Gasteiger partial charge is 0.254 e. The van der Waals surface area contributed by atoms with Crippen LogP contribution in [0.15, 0.2) is 30.3 Å². The highest BCUT2D eigenvalue weighted by Gasteiger charge is 2.34. The largest absolute Gasteiger partial charge is 0.335 e. The van der Waals surface area contributed by atoms with Crippen molar-refractivity contribution in [2.75, 3.05) is 6.54 Å². The molecule has 0 radical (unpaired) electrons. The van der Waals surface area contributed by atoms with E-state index < -0.39 is 0 Å². The van der Waals surface area contributed by atoms with Crippen molar-refractivity contribution < 1.29 is 9.59 Å². The van der Waals surface area contributed by atoms with E-state index in [-0.39, 0.29) is 11.9 Å². The predicted octanol–water partition coefficient (Wildman–Crippen LogP) is 3.69. The molecule has 114 valence electrons. The second-order valence-electron chi connectivity index (χ2n) is 5.88. The van der Waals surface area contributed by atoms with E-state index in [4.69, 9.17) is 0 Å². The number of carbonyl (C=O) groups excluding carboxylic acids is 2. The van der Waals surface area contributed by atoms with E-state index in [0.717, 1.165) is 50.5 Å². The topological polar surface area (TPSA) is 37.4 Å². The summed E-state index contributed by atoms with van der Waals surface area (Å²) in [5.74, 6) is 0.457. The fourth-order valence-corrected chi connectivity index (χ4v) is 3.32. The molecule has 21 heavy (non-hydrogen) atoms. The van der Waals surface area contributed by atoms with Crippen LogP contribution >= 0.6 is 0 Å². The maximum atomic E-state index is 12.8. The SMILES string of the molecule is CCCCN(C(=O)c1ccccc1)[C@H]1CCC[C@@H]1CC=O. The van der Waals surface area contributed by atoms with Crippen molar-refractivity contribution in [3.8, 4) is 0 Å². The van der Waals surface area contributed by atoms with Gasteiger partial charge in [0.2, 0.25) is 0 Å². The number of amides is 1. The molecule has 2 rings (SSSR count). The molecule has 3 nitrogen and oxygen atoms in total. The molecule has 2 atom stereocenters. The Balaban J connectivity index is 2.17. The molecule has 0 aliphatic heterocycles. The van der Waals surface area contributed by atoms with Crippen LogP contribution in [0.4, 0.5) is 0 Å². The molecule has 1 amide bonds. The van der Waals surface area contributed by atoms with Gasteiger partial charge in [-0.2, -0.15) is 0 Å². The first-order valence-electron chi connectivity index (χ1n) is 8.07. The summed E-state index contributed by atoms with van der Waals surface area (Å²) >= 11 is 0. The summed E-state index contributed by atoms with van der Waals surface area (Å²) in [6.07, 6.45) is 6.89. The van der Waals surface area contributed by atoms with Crippen molar-refractivity contribution in [3.05, 3.63) is 35.9 Å². The molecule has 1 aromatic rings. The molecule has 1 aromatic carbocycles. The van der Waals surface area contributed by atoms with Gasteiger partial charge in [0.25, 0.3) is 5.91 Å². The third kappa shape index (κ3) is 3.93. The maximum absolute atomic E-state index is 12.8. The highest BCUT2D eigenvalue weighted by atomic mass is 16.2. The van der Waals surface area contributed by atoms with Crippen LogP contribution in [-0.2, 0) is 4.79 Å². The summed E-state index contributed by atoms with van der Waals surface area (Å²) in [7, 11) is 0. The summed E-state index contributed by atoms with van der Waals surface area (Å²) in [4.78, 5) is 25.7. The normalized spacial score (nSPS) is 21.2. The fraction of sp³-hybridized carbons (Fsp3) is 0.556. The molecule has 1 saturated carbocycles. The fourth-order valence-electron chi connectivity index (χ4n) is 3.32. The van der Waals surface area contributed by atoms with Crippen molar-refractivity contribution in [3.63, 3.8) is 0 Å². The first-order valence-corrected chi connectivity index (χ1v) is 8.07. The molecule has 0 N–H and O–H groups in total. The molecule has 0 unspecified atom stereocenters. The summed E-state index contributed by atoms with van der Waals surface area (Å²) in [5, 5.41) is 0. The Labute approximate surface area is 127 Å². The molecular formula is C18H25NO2. The van der Waals surface area contributed by atoms with E-state index in [0.29, 0.717) is 12.3 Å². The number of hydrogen-bond acceptors (Lipinski definition) is 2. The molecule has 1 aliphatic rings. The van der Waals surface area contributed by atoms with Crippen LogP contribution in [0.25, 0.3) is 0 Å². The lowest BCUT2D eigenvalue weighted by Crippen LogP contribution is -2.43. The lowest BCUT2D eigenvalue weighted by Gasteiger charge is -2.33. The standard InChI is InChI=1S/C18H25NO2/c1-2-3-13-19(17-11-7-10-15(17)12-14-20)18(21)16-8-5-4-6-9-16/h4-6,8-9,14-15,17H,2-3,7,10-13H2,1H3/t15-,17+/m1/s1. The Kier molecular flexibility index (Phi) is 5.97. The Bertz CT molecular complexity index is 458. The van der Waals surface area contributed by atoms with Gasteiger partial charge < -0.3 is 9.69 Å². The lowest BCUT2D eigenvalue weighted by atomic mass is 9.97. The monoisotopic (exact) mass is 287 g/mol. The molecule has 0 bridgehead atoms. The van der Waals surface area contributed by atoms with Gasteiger partial charge in [-0.05, 0) is 37.3 Å². The summed E-state index contributed by atoms with van der Waals surface area (Å²) in [6.45, 7) is 2.94. The van der Waals surface area contributed by atoms with Crippen LogP contribution in [0.3, 0.4) is 0 Å². The van der Waals surface area contributed by atoms with E-state index >= 15 is 0 Å². The van der Waals surface area contributed by atoms with Gasteiger partial charge in [-0.3, -0.25) is 4.79 Å². The number of aldehydes is 1. The maximum Gasteiger partial charge on any atom is 0.254 e. The Morgan fingerprint density at radius 2 is 2.05 bits per heavy atom. The average molecular weight is 287 g/mol. The molecule has 0 aromatic heterocycles. The second-order valence-corrected chi connectivity index (χ2v) is 5.88. The van der Waals surface area contributed by atoms with Gasteiger partial charge in [-0.15, -0.1) is 0 Å². The minimum absolute atomic E-state index is 0.117. The van der Waals surface area contributed by atoms with Gasteiger partial charge in [0, 0.05) is 24.6 Å². The zero-order chi connectivity index (χ0) is 15.1. The first-order chi connectivity index (χ1) is 10.3. The van der Waals surface area contributed by atoms with Crippen LogP contribution in [0, 0.1) is 5.92 Å². The third-order valence-electron chi connectivity index (χ3n) is 4.45. The molecule has 0 heterocycles. The van der Waals surface area contributed by atoms with Gasteiger partial charge in [-0.1, -0.05) is 38.0 Å². The molecule has 3 heteroatoms. The van der Waals surface area contributed by atoms with Crippen LogP contribution in [0.2, 0.25) is 0 Å². The molecule has 0 spiro atoms. The lowest BCUT2D eigenvalue weighted by molar-refractivity contribution is -0.108. The second kappa shape index (κ2) is 7.96. The molecular weight excluding hydrogens is 262 g/mol. The van der Waals surface area contributed by atoms with Crippen molar-refractivity contribution in [1.29, 1.82) is 0 Å². The van der Waals surface area contributed by atoms with Crippen molar-refractivity contribution in [2.45, 2.75) is 51.5 Å². The van der Waals surface area contributed by atoms with E-state index in [9.17, 15) is 9.59 Å². The van der Waals surface area contributed by atoms with Crippen molar-refractivity contribution in [1.82, 2.24) is 4.90 Å². The van der Waals surface area contributed by atoms with Gasteiger partial charge in [0.05, 0.1) is 0 Å². The van der Waals surface area contributed by atoms with Gasteiger partial charge in [0.1, 0.15) is 6.29 Å². The Morgan fingerprint density at radius 3 is 2.71 bits per heavy atom. The number of rotatable bonds is 7. The molecule has 1 fully saturated rings. The van der Waals surface area contributed by atoms with E-state index in [1.54, 1.807) is 0 Å². The van der Waals surface area contributed by atoms with E-state index in [2.05, 4.69) is 6.92 Å². The number of carbonyl (C=O) groups is 2. The number of unbranched alkanes of at least 4 members (excludes halogenated alkanes) is 1. The summed E-state index contributed by atoms with van der Waals surface area (Å²) < 4.78 is 0. The van der Waals surface area contributed by atoms with Gasteiger partial charge in [0.15, 0.2) is 0 Å². The summed E-state index contributed by atoms with van der Waals surface area (Å²) in [6, 6.07) is 9.73. The van der Waals surface area contributed by atoms with E-state index in [1.807, 2.05) is 35.2 Å². The first kappa shape index (κ1) is 15.7. The number of benzene rings is 1. The Hall–Kier alpha value is -1.64. The molecule has 0 saturated heterocycles. The Morgan fingerprint density at radius 1 is 1.29 bits per heavy atom. The van der Waals surface area contributed by atoms with Gasteiger partial charge in [-0.25, -0.2) is 0 Å².